The second-order valence-electron chi connectivity index (χ2n) is 7.49. The number of para-hydroxylation sites is 1. The van der Waals surface area contributed by atoms with Crippen molar-refractivity contribution in [3.63, 3.8) is 0 Å². The molecule has 1 aromatic carbocycles. The lowest BCUT2D eigenvalue weighted by Crippen LogP contribution is -2.38. The number of carbonyl (C=O) groups excluding carboxylic acids is 1. The van der Waals surface area contributed by atoms with E-state index in [1.165, 1.54) is 24.6 Å². The van der Waals surface area contributed by atoms with E-state index in [9.17, 15) is 4.79 Å². The van der Waals surface area contributed by atoms with E-state index in [0.29, 0.717) is 24.9 Å². The largest absolute Gasteiger partial charge is 0.378 e. The van der Waals surface area contributed by atoms with E-state index >= 15 is 0 Å². The smallest absolute Gasteiger partial charge is 0.232 e. The van der Waals surface area contributed by atoms with Crippen LogP contribution in [0, 0.1) is 12.8 Å². The van der Waals surface area contributed by atoms with Crippen molar-refractivity contribution in [1.29, 1.82) is 0 Å². The van der Waals surface area contributed by atoms with Crippen LogP contribution in [0.2, 0.25) is 0 Å². The molecule has 1 saturated carbocycles. The van der Waals surface area contributed by atoms with Crippen LogP contribution in [-0.2, 0) is 9.53 Å². The molecule has 1 saturated heterocycles. The predicted octanol–water partition coefficient (Wildman–Crippen LogP) is 2.42. The summed E-state index contributed by atoms with van der Waals surface area (Å²) in [6.07, 6.45) is 2.44. The van der Waals surface area contributed by atoms with Crippen molar-refractivity contribution >= 4 is 23.6 Å². The van der Waals surface area contributed by atoms with Gasteiger partial charge < -0.3 is 15.0 Å². The van der Waals surface area contributed by atoms with Gasteiger partial charge in [0.1, 0.15) is 0 Å². The standard InChI is InChI=1S/C20H27N5O2S/c1-14-5-3-4-6-17(14)25-19(24-9-11-27-12-10-24)22-23-20(25)28-13-18(26)21-15(2)16-7-8-16/h3-6,15-16H,7-13H2,1-2H3,(H,21,26). The molecule has 28 heavy (non-hydrogen) atoms. The molecule has 7 nitrogen and oxygen atoms in total. The summed E-state index contributed by atoms with van der Waals surface area (Å²) in [5.41, 5.74) is 2.19. The number of hydrogen-bond donors (Lipinski definition) is 1. The molecule has 1 aliphatic carbocycles. The molecule has 2 heterocycles. The third-order valence-corrected chi connectivity index (χ3v) is 6.25. The van der Waals surface area contributed by atoms with Crippen LogP contribution < -0.4 is 10.2 Å². The third-order valence-electron chi connectivity index (χ3n) is 5.32. The molecule has 2 fully saturated rings. The Morgan fingerprint density at radius 1 is 1.29 bits per heavy atom. The molecule has 1 atom stereocenters. The van der Waals surface area contributed by atoms with Crippen LogP contribution in [0.25, 0.3) is 5.69 Å². The molecule has 1 aliphatic heterocycles. The van der Waals surface area contributed by atoms with Crippen molar-refractivity contribution in [2.45, 2.75) is 37.9 Å². The molecule has 150 valence electrons. The summed E-state index contributed by atoms with van der Waals surface area (Å²) < 4.78 is 7.55. The van der Waals surface area contributed by atoms with Gasteiger partial charge in [0.15, 0.2) is 5.16 Å². The van der Waals surface area contributed by atoms with Gasteiger partial charge in [-0.15, -0.1) is 10.2 Å². The molecule has 1 unspecified atom stereocenters. The van der Waals surface area contributed by atoms with Crippen molar-refractivity contribution in [2.75, 3.05) is 37.0 Å². The maximum Gasteiger partial charge on any atom is 0.232 e. The van der Waals surface area contributed by atoms with Crippen LogP contribution in [0.3, 0.4) is 0 Å². The first-order valence-electron chi connectivity index (χ1n) is 9.90. The van der Waals surface area contributed by atoms with Crippen LogP contribution in [0.4, 0.5) is 5.95 Å². The lowest BCUT2D eigenvalue weighted by atomic mass is 10.2. The Hall–Kier alpha value is -2.06. The van der Waals surface area contributed by atoms with Gasteiger partial charge in [0.2, 0.25) is 11.9 Å². The topological polar surface area (TPSA) is 72.3 Å². The van der Waals surface area contributed by atoms with Crippen molar-refractivity contribution < 1.29 is 9.53 Å². The van der Waals surface area contributed by atoms with Crippen molar-refractivity contribution in [2.24, 2.45) is 5.92 Å². The minimum absolute atomic E-state index is 0.0525. The number of anilines is 1. The van der Waals surface area contributed by atoms with E-state index < -0.39 is 0 Å². The summed E-state index contributed by atoms with van der Waals surface area (Å²) in [4.78, 5) is 14.6. The molecular weight excluding hydrogens is 374 g/mol. The molecule has 4 rings (SSSR count). The molecule has 1 amide bonds. The summed E-state index contributed by atoms with van der Waals surface area (Å²) in [5, 5.41) is 12.7. The number of rotatable bonds is 7. The van der Waals surface area contributed by atoms with E-state index in [0.717, 1.165) is 35.4 Å². The average Bonchev–Trinajstić information content (AvgIpc) is 3.48. The quantitative estimate of drug-likeness (QED) is 0.719. The van der Waals surface area contributed by atoms with Gasteiger partial charge in [0.25, 0.3) is 0 Å². The highest BCUT2D eigenvalue weighted by Gasteiger charge is 2.29. The fraction of sp³-hybridized carbons (Fsp3) is 0.550. The van der Waals surface area contributed by atoms with Crippen LogP contribution in [0.5, 0.6) is 0 Å². The molecule has 1 N–H and O–H groups in total. The Morgan fingerprint density at radius 2 is 2.04 bits per heavy atom. The van der Waals surface area contributed by atoms with Gasteiger partial charge in [-0.05, 0) is 44.2 Å². The first-order valence-corrected chi connectivity index (χ1v) is 10.9. The lowest BCUT2D eigenvalue weighted by Gasteiger charge is -2.28. The number of hydrogen-bond acceptors (Lipinski definition) is 6. The van der Waals surface area contributed by atoms with Crippen molar-refractivity contribution in [3.8, 4) is 5.69 Å². The van der Waals surface area contributed by atoms with Crippen LogP contribution >= 0.6 is 11.8 Å². The lowest BCUT2D eigenvalue weighted by molar-refractivity contribution is -0.119. The third kappa shape index (κ3) is 4.33. The minimum atomic E-state index is 0.0525. The first-order chi connectivity index (χ1) is 13.6. The maximum atomic E-state index is 12.4. The van der Waals surface area contributed by atoms with Crippen molar-refractivity contribution in [3.05, 3.63) is 29.8 Å². The molecule has 0 spiro atoms. The first kappa shape index (κ1) is 19.3. The number of benzene rings is 1. The maximum absolute atomic E-state index is 12.4. The number of nitrogens with zero attached hydrogens (tertiary/aromatic N) is 4. The number of morpholine rings is 1. The molecule has 2 aliphatic rings. The van der Waals surface area contributed by atoms with Gasteiger partial charge in [-0.25, -0.2) is 0 Å². The zero-order chi connectivity index (χ0) is 19.5. The predicted molar refractivity (Wildman–Crippen MR) is 110 cm³/mol. The Morgan fingerprint density at radius 3 is 2.75 bits per heavy atom. The number of aryl methyl sites for hydroxylation is 1. The minimum Gasteiger partial charge on any atom is -0.378 e. The fourth-order valence-corrected chi connectivity index (χ4v) is 4.24. The van der Waals surface area contributed by atoms with Gasteiger partial charge in [0, 0.05) is 19.1 Å². The second kappa shape index (κ2) is 8.53. The molecular formula is C20H27N5O2S. The fourth-order valence-electron chi connectivity index (χ4n) is 3.49. The number of carbonyl (C=O) groups is 1. The zero-order valence-corrected chi connectivity index (χ0v) is 17.2. The van der Waals surface area contributed by atoms with Gasteiger partial charge in [-0.2, -0.15) is 0 Å². The second-order valence-corrected chi connectivity index (χ2v) is 8.43. The number of aromatic nitrogens is 3. The summed E-state index contributed by atoms with van der Waals surface area (Å²) in [5.74, 6) is 1.85. The number of ether oxygens (including phenoxy) is 1. The SMILES string of the molecule is Cc1ccccc1-n1c(SCC(=O)NC(C)C2CC2)nnc1N1CCOCC1. The summed E-state index contributed by atoms with van der Waals surface area (Å²) in [6.45, 7) is 7.11. The highest BCUT2D eigenvalue weighted by atomic mass is 32.2. The Kier molecular flexibility index (Phi) is 5.87. The summed E-state index contributed by atoms with van der Waals surface area (Å²) >= 11 is 1.44. The molecule has 2 aromatic rings. The Labute approximate surface area is 169 Å². The van der Waals surface area contributed by atoms with Crippen LogP contribution in [0.15, 0.2) is 29.4 Å². The number of thioether (sulfide) groups is 1. The molecule has 0 radical (unpaired) electrons. The number of amides is 1. The zero-order valence-electron chi connectivity index (χ0n) is 16.4. The normalized spacial score (nSPS) is 18.1. The number of nitrogens with one attached hydrogen (secondary N) is 1. The summed E-state index contributed by atoms with van der Waals surface area (Å²) in [6, 6.07) is 8.45. The molecule has 8 heteroatoms. The van der Waals surface area contributed by atoms with E-state index in [2.05, 4.69) is 51.0 Å². The van der Waals surface area contributed by atoms with Gasteiger partial charge >= 0.3 is 0 Å². The Bertz CT molecular complexity index is 830. The highest BCUT2D eigenvalue weighted by Crippen LogP contribution is 2.32. The van der Waals surface area contributed by atoms with Crippen LogP contribution in [-0.4, -0.2) is 58.8 Å². The highest BCUT2D eigenvalue weighted by molar-refractivity contribution is 7.99. The average molecular weight is 402 g/mol. The van der Waals surface area contributed by atoms with Gasteiger partial charge in [-0.3, -0.25) is 9.36 Å². The van der Waals surface area contributed by atoms with E-state index in [1.807, 2.05) is 12.1 Å². The monoisotopic (exact) mass is 401 g/mol. The molecule has 1 aromatic heterocycles. The molecule has 0 bridgehead atoms. The van der Waals surface area contributed by atoms with E-state index in [4.69, 9.17) is 4.74 Å². The summed E-state index contributed by atoms with van der Waals surface area (Å²) in [7, 11) is 0. The van der Waals surface area contributed by atoms with E-state index in [1.54, 1.807) is 0 Å². The van der Waals surface area contributed by atoms with Crippen molar-refractivity contribution in [1.82, 2.24) is 20.1 Å². The van der Waals surface area contributed by atoms with Gasteiger partial charge in [-0.1, -0.05) is 30.0 Å². The van der Waals surface area contributed by atoms with Gasteiger partial charge in [0.05, 0.1) is 24.7 Å². The van der Waals surface area contributed by atoms with Crippen LogP contribution in [0.1, 0.15) is 25.3 Å². The Balaban J connectivity index is 1.55. The van der Waals surface area contributed by atoms with E-state index in [-0.39, 0.29) is 11.9 Å².